The molecule has 11 heteroatoms. The summed E-state index contributed by atoms with van der Waals surface area (Å²) in [4.78, 5) is 34.5. The molecule has 0 spiro atoms. The van der Waals surface area contributed by atoms with Gasteiger partial charge in [0.1, 0.15) is 0 Å². The number of aliphatic carboxylic acids is 1. The third-order valence-electron chi connectivity index (χ3n) is 7.74. The number of fused-ring (bicyclic) bond motifs is 1. The van der Waals surface area contributed by atoms with Gasteiger partial charge in [0, 0.05) is 50.5 Å². The minimum absolute atomic E-state index is 0.0289. The molecule has 0 bridgehead atoms. The molecule has 1 aromatic carbocycles. The van der Waals surface area contributed by atoms with E-state index in [0.29, 0.717) is 56.4 Å². The fraction of sp³-hybridized carbons (Fsp3) is 0.607. The number of hydrogen-bond acceptors (Lipinski definition) is 8. The topological polar surface area (TPSA) is 132 Å². The number of likely N-dealkylation sites (tertiary alicyclic amines) is 1. The molecule has 3 heterocycles. The van der Waals surface area contributed by atoms with Crippen LogP contribution in [0.2, 0.25) is 0 Å². The molecule has 0 saturated carbocycles. The van der Waals surface area contributed by atoms with Crippen LogP contribution in [0, 0.1) is 5.92 Å². The van der Waals surface area contributed by atoms with Crippen molar-refractivity contribution in [2.24, 2.45) is 11.7 Å². The lowest BCUT2D eigenvalue weighted by molar-refractivity contribution is -0.144. The number of unbranched alkanes of at least 4 members (excludes halogenated alkanes) is 2. The fourth-order valence-corrected chi connectivity index (χ4v) is 5.69. The molecule has 1 unspecified atom stereocenters. The van der Waals surface area contributed by atoms with Crippen LogP contribution in [0.5, 0.6) is 17.2 Å². The normalized spacial score (nSPS) is 20.3. The first-order valence-corrected chi connectivity index (χ1v) is 13.8. The molecule has 3 atom stereocenters. The number of imidazole rings is 1. The van der Waals surface area contributed by atoms with Crippen molar-refractivity contribution in [2.75, 3.05) is 46.6 Å². The largest absolute Gasteiger partial charge is 0.493 e. The molecule has 2 aromatic rings. The summed E-state index contributed by atoms with van der Waals surface area (Å²) in [7, 11) is 1.55. The number of nitrogens with zero attached hydrogens (tertiary/aromatic N) is 4. The van der Waals surface area contributed by atoms with Gasteiger partial charge in [-0.1, -0.05) is 13.3 Å². The molecule has 1 amide bonds. The van der Waals surface area contributed by atoms with E-state index in [1.54, 1.807) is 19.6 Å². The number of carboxylic acid groups (broad SMARTS) is 1. The second-order valence-corrected chi connectivity index (χ2v) is 10.2. The van der Waals surface area contributed by atoms with E-state index in [0.717, 1.165) is 31.2 Å². The third kappa shape index (κ3) is 6.83. The Kier molecular flexibility index (Phi) is 10.0. The van der Waals surface area contributed by atoms with Gasteiger partial charge in [0.2, 0.25) is 18.4 Å². The van der Waals surface area contributed by atoms with Gasteiger partial charge < -0.3 is 34.5 Å². The van der Waals surface area contributed by atoms with E-state index in [2.05, 4.69) is 16.8 Å². The number of aryl methyl sites for hydroxylation is 1. The number of amides is 1. The lowest BCUT2D eigenvalue weighted by Gasteiger charge is -2.30. The Labute approximate surface area is 229 Å². The van der Waals surface area contributed by atoms with Crippen molar-refractivity contribution in [1.82, 2.24) is 19.4 Å². The summed E-state index contributed by atoms with van der Waals surface area (Å²) in [5, 5.41) is 10.5. The smallest absolute Gasteiger partial charge is 0.308 e. The van der Waals surface area contributed by atoms with Crippen LogP contribution >= 0.6 is 0 Å². The monoisotopic (exact) mass is 543 g/mol. The Morgan fingerprint density at radius 3 is 2.74 bits per heavy atom. The lowest BCUT2D eigenvalue weighted by atomic mass is 9.84. The summed E-state index contributed by atoms with van der Waals surface area (Å²) in [6.07, 6.45) is 9.51. The number of hydrogen-bond donors (Lipinski definition) is 2. The van der Waals surface area contributed by atoms with Gasteiger partial charge >= 0.3 is 5.97 Å². The highest BCUT2D eigenvalue weighted by Crippen LogP contribution is 2.47. The van der Waals surface area contributed by atoms with Gasteiger partial charge in [-0.2, -0.15) is 0 Å². The Morgan fingerprint density at radius 2 is 2.05 bits per heavy atom. The van der Waals surface area contributed by atoms with Gasteiger partial charge in [0.25, 0.3) is 0 Å². The van der Waals surface area contributed by atoms with E-state index >= 15 is 0 Å². The summed E-state index contributed by atoms with van der Waals surface area (Å²) in [6.45, 7) is 5.36. The number of benzene rings is 1. The van der Waals surface area contributed by atoms with E-state index in [9.17, 15) is 14.7 Å². The molecule has 214 valence electrons. The summed E-state index contributed by atoms with van der Waals surface area (Å²) in [5.74, 6) is -0.337. The van der Waals surface area contributed by atoms with Crippen LogP contribution in [-0.2, 0) is 16.1 Å². The fourth-order valence-electron chi connectivity index (χ4n) is 5.69. The number of rotatable bonds is 15. The minimum atomic E-state index is -0.881. The maximum atomic E-state index is 13.6. The molecule has 3 N–H and O–H groups in total. The van der Waals surface area contributed by atoms with Gasteiger partial charge in [0.05, 0.1) is 25.9 Å². The predicted molar refractivity (Wildman–Crippen MR) is 145 cm³/mol. The maximum absolute atomic E-state index is 13.6. The molecule has 1 saturated heterocycles. The zero-order valence-electron chi connectivity index (χ0n) is 23.0. The van der Waals surface area contributed by atoms with Crippen LogP contribution in [0.3, 0.4) is 0 Å². The Balaban J connectivity index is 1.61. The molecular weight excluding hydrogens is 502 g/mol. The standard InChI is InChI=1S/C28H41N5O6/c1-3-4-10-32(11-6-5-8-29)25(34)17-33-16-21(20-14-23(37-2)27-24(15-20)38-19-39-27)26(28(35)36)22(33)7-12-31-13-9-30-18-31/h9,13-15,18,21-22,26H,3-8,10-12,16-17,19,29H2,1-2H3,(H,35,36)/t21-,22+,26?/m1/s1. The van der Waals surface area contributed by atoms with Crippen molar-refractivity contribution in [3.05, 3.63) is 36.4 Å². The molecule has 39 heavy (non-hydrogen) atoms. The highest BCUT2D eigenvalue weighted by Gasteiger charge is 2.47. The van der Waals surface area contributed by atoms with Crippen LogP contribution in [0.1, 0.15) is 50.5 Å². The highest BCUT2D eigenvalue weighted by molar-refractivity contribution is 5.79. The van der Waals surface area contributed by atoms with E-state index in [-0.39, 0.29) is 31.2 Å². The average molecular weight is 544 g/mol. The molecule has 2 aliphatic heterocycles. The summed E-state index contributed by atoms with van der Waals surface area (Å²) in [6, 6.07) is 3.35. The Bertz CT molecular complexity index is 1090. The molecular formula is C28H41N5O6. The number of carbonyl (C=O) groups excluding carboxylic acids is 1. The summed E-state index contributed by atoms with van der Waals surface area (Å²) in [5.41, 5.74) is 6.49. The van der Waals surface area contributed by atoms with Crippen molar-refractivity contribution in [2.45, 2.75) is 57.5 Å². The first-order valence-electron chi connectivity index (χ1n) is 13.8. The van der Waals surface area contributed by atoms with Crippen LogP contribution in [-0.4, -0.2) is 89.0 Å². The lowest BCUT2D eigenvalue weighted by Crippen LogP contribution is -2.45. The number of ether oxygens (including phenoxy) is 3. The number of methoxy groups -OCH3 is 1. The zero-order valence-corrected chi connectivity index (χ0v) is 23.0. The number of carbonyl (C=O) groups is 2. The van der Waals surface area contributed by atoms with Gasteiger partial charge in [0.15, 0.2) is 11.5 Å². The zero-order chi connectivity index (χ0) is 27.8. The average Bonchev–Trinajstić information content (AvgIpc) is 3.69. The number of aromatic nitrogens is 2. The summed E-state index contributed by atoms with van der Waals surface area (Å²) < 4.78 is 18.6. The number of carboxylic acids is 1. The van der Waals surface area contributed by atoms with Crippen molar-refractivity contribution in [3.8, 4) is 17.2 Å². The van der Waals surface area contributed by atoms with E-state index in [1.807, 2.05) is 27.8 Å². The molecule has 2 aliphatic rings. The SMILES string of the molecule is CCCCN(CCCCN)C(=O)CN1C[C@H](c2cc(OC)c3c(c2)OCO3)C(C(=O)O)[C@@H]1CCn1ccnc1. The molecule has 0 aliphatic carbocycles. The Morgan fingerprint density at radius 1 is 1.23 bits per heavy atom. The quantitative estimate of drug-likeness (QED) is 0.325. The van der Waals surface area contributed by atoms with Crippen LogP contribution < -0.4 is 19.9 Å². The first kappa shape index (κ1) is 28.7. The van der Waals surface area contributed by atoms with E-state index in [1.165, 1.54) is 0 Å². The second kappa shape index (κ2) is 13.7. The van der Waals surface area contributed by atoms with Gasteiger partial charge in [-0.15, -0.1) is 0 Å². The van der Waals surface area contributed by atoms with Crippen molar-refractivity contribution in [1.29, 1.82) is 0 Å². The van der Waals surface area contributed by atoms with Crippen molar-refractivity contribution >= 4 is 11.9 Å². The first-order chi connectivity index (χ1) is 19.0. The van der Waals surface area contributed by atoms with Gasteiger partial charge in [-0.25, -0.2) is 4.98 Å². The van der Waals surface area contributed by atoms with Crippen LogP contribution in [0.15, 0.2) is 30.9 Å². The third-order valence-corrected chi connectivity index (χ3v) is 7.74. The van der Waals surface area contributed by atoms with E-state index < -0.39 is 11.9 Å². The summed E-state index contributed by atoms with van der Waals surface area (Å²) >= 11 is 0. The van der Waals surface area contributed by atoms with E-state index in [4.69, 9.17) is 19.9 Å². The van der Waals surface area contributed by atoms with Crippen molar-refractivity contribution < 1.29 is 28.9 Å². The van der Waals surface area contributed by atoms with Crippen LogP contribution in [0.25, 0.3) is 0 Å². The molecule has 0 radical (unpaired) electrons. The highest BCUT2D eigenvalue weighted by atomic mass is 16.7. The molecule has 11 nitrogen and oxygen atoms in total. The second-order valence-electron chi connectivity index (χ2n) is 10.2. The maximum Gasteiger partial charge on any atom is 0.308 e. The molecule has 1 aromatic heterocycles. The van der Waals surface area contributed by atoms with Gasteiger partial charge in [-0.3, -0.25) is 14.5 Å². The van der Waals surface area contributed by atoms with Crippen molar-refractivity contribution in [3.63, 3.8) is 0 Å². The van der Waals surface area contributed by atoms with Gasteiger partial charge in [-0.05, 0) is 49.9 Å². The van der Waals surface area contributed by atoms with Crippen LogP contribution in [0.4, 0.5) is 0 Å². The predicted octanol–water partition coefficient (Wildman–Crippen LogP) is 2.55. The molecule has 4 rings (SSSR count). The molecule has 1 fully saturated rings. The number of nitrogens with two attached hydrogens (primary N) is 1. The minimum Gasteiger partial charge on any atom is -0.493 e. The Hall–Kier alpha value is -3.31.